The van der Waals surface area contributed by atoms with Gasteiger partial charge in [0.05, 0.1) is 18.1 Å². The number of nitrogens with zero attached hydrogens (tertiary/aromatic N) is 2. The van der Waals surface area contributed by atoms with Crippen LogP contribution in [0.25, 0.3) is 11.0 Å². The van der Waals surface area contributed by atoms with Crippen LogP contribution in [0.3, 0.4) is 0 Å². The van der Waals surface area contributed by atoms with Gasteiger partial charge >= 0.3 is 0 Å². The van der Waals surface area contributed by atoms with Gasteiger partial charge in [0.25, 0.3) is 0 Å². The topological polar surface area (TPSA) is 27.1 Å². The van der Waals surface area contributed by atoms with Gasteiger partial charge in [0.2, 0.25) is 0 Å². The maximum atomic E-state index is 5.23. The highest BCUT2D eigenvalue weighted by Crippen LogP contribution is 2.30. The molecule has 0 spiro atoms. The summed E-state index contributed by atoms with van der Waals surface area (Å²) in [6.45, 7) is 2.27. The highest BCUT2D eigenvalue weighted by molar-refractivity contribution is 5.78. The van der Waals surface area contributed by atoms with Crippen LogP contribution in [-0.2, 0) is 6.42 Å². The van der Waals surface area contributed by atoms with Crippen molar-refractivity contribution in [2.75, 3.05) is 7.11 Å². The van der Waals surface area contributed by atoms with E-state index in [9.17, 15) is 0 Å². The fraction of sp³-hybridized carbons (Fsp3) is 0.462. The van der Waals surface area contributed by atoms with E-state index in [1.54, 1.807) is 7.11 Å². The minimum Gasteiger partial charge on any atom is -0.497 e. The van der Waals surface area contributed by atoms with Gasteiger partial charge in [-0.15, -0.1) is 0 Å². The van der Waals surface area contributed by atoms with E-state index in [2.05, 4.69) is 17.6 Å². The average molecular weight is 216 g/mol. The summed E-state index contributed by atoms with van der Waals surface area (Å²) in [6, 6.07) is 6.72. The van der Waals surface area contributed by atoms with Gasteiger partial charge in [-0.1, -0.05) is 0 Å². The molecular formula is C13H16N2O. The van der Waals surface area contributed by atoms with E-state index in [4.69, 9.17) is 9.72 Å². The lowest BCUT2D eigenvalue weighted by molar-refractivity contribution is 0.415. The molecule has 0 unspecified atom stereocenters. The summed E-state index contributed by atoms with van der Waals surface area (Å²) in [4.78, 5) is 4.70. The third-order valence-electron chi connectivity index (χ3n) is 3.43. The highest BCUT2D eigenvalue weighted by atomic mass is 16.5. The lowest BCUT2D eigenvalue weighted by Crippen LogP contribution is -2.14. The van der Waals surface area contributed by atoms with Crippen LogP contribution in [0.4, 0.5) is 0 Å². The number of rotatable bonds is 1. The fourth-order valence-electron chi connectivity index (χ4n) is 2.61. The molecule has 0 saturated heterocycles. The Labute approximate surface area is 95.0 Å². The molecule has 2 heterocycles. The zero-order valence-corrected chi connectivity index (χ0v) is 9.73. The lowest BCUT2D eigenvalue weighted by Gasteiger charge is -2.22. The molecule has 3 nitrogen and oxygen atoms in total. The van der Waals surface area contributed by atoms with Crippen molar-refractivity contribution in [1.29, 1.82) is 0 Å². The normalized spacial score (nSPS) is 19.8. The molecule has 84 valence electrons. The van der Waals surface area contributed by atoms with Crippen molar-refractivity contribution in [3.8, 4) is 5.75 Å². The molecule has 3 heteroatoms. The first-order chi connectivity index (χ1) is 7.79. The predicted molar refractivity (Wildman–Crippen MR) is 63.9 cm³/mol. The van der Waals surface area contributed by atoms with E-state index in [-0.39, 0.29) is 0 Å². The highest BCUT2D eigenvalue weighted by Gasteiger charge is 2.19. The number of aromatic nitrogens is 2. The quantitative estimate of drug-likeness (QED) is 0.732. The smallest absolute Gasteiger partial charge is 0.121 e. The number of aryl methyl sites for hydroxylation is 1. The molecule has 0 N–H and O–H groups in total. The molecule has 3 rings (SSSR count). The van der Waals surface area contributed by atoms with Crippen LogP contribution >= 0.6 is 0 Å². The van der Waals surface area contributed by atoms with Crippen molar-refractivity contribution in [1.82, 2.24) is 9.55 Å². The van der Waals surface area contributed by atoms with Crippen LogP contribution in [-0.4, -0.2) is 16.7 Å². The Kier molecular flexibility index (Phi) is 2.13. The molecule has 0 radical (unpaired) electrons. The van der Waals surface area contributed by atoms with Crippen molar-refractivity contribution >= 4 is 11.0 Å². The van der Waals surface area contributed by atoms with E-state index in [1.807, 2.05) is 12.1 Å². The Morgan fingerprint density at radius 2 is 2.31 bits per heavy atom. The van der Waals surface area contributed by atoms with Crippen LogP contribution < -0.4 is 4.74 Å². The third kappa shape index (κ3) is 1.31. The first-order valence-electron chi connectivity index (χ1n) is 5.84. The molecule has 0 amide bonds. The number of benzene rings is 1. The van der Waals surface area contributed by atoms with Crippen LogP contribution in [0.15, 0.2) is 18.2 Å². The van der Waals surface area contributed by atoms with Crippen molar-refractivity contribution in [2.24, 2.45) is 0 Å². The zero-order valence-electron chi connectivity index (χ0n) is 9.73. The van der Waals surface area contributed by atoms with E-state index in [0.29, 0.717) is 6.04 Å². The molecule has 16 heavy (non-hydrogen) atoms. The number of imidazole rings is 1. The van der Waals surface area contributed by atoms with Crippen molar-refractivity contribution in [3.63, 3.8) is 0 Å². The zero-order chi connectivity index (χ0) is 11.1. The molecule has 0 aliphatic carbocycles. The Morgan fingerprint density at radius 3 is 3.12 bits per heavy atom. The van der Waals surface area contributed by atoms with Gasteiger partial charge in [-0.25, -0.2) is 4.98 Å². The average Bonchev–Trinajstić information content (AvgIpc) is 2.67. The second kappa shape index (κ2) is 3.51. The van der Waals surface area contributed by atoms with Gasteiger partial charge in [-0.2, -0.15) is 0 Å². The Morgan fingerprint density at radius 1 is 1.44 bits per heavy atom. The first-order valence-corrected chi connectivity index (χ1v) is 5.84. The van der Waals surface area contributed by atoms with Gasteiger partial charge in [0.1, 0.15) is 11.6 Å². The number of hydrogen-bond donors (Lipinski definition) is 0. The summed E-state index contributed by atoms with van der Waals surface area (Å²) in [6.07, 6.45) is 3.60. The van der Waals surface area contributed by atoms with Crippen molar-refractivity contribution < 1.29 is 4.74 Å². The van der Waals surface area contributed by atoms with Crippen LogP contribution in [0, 0.1) is 0 Å². The summed E-state index contributed by atoms with van der Waals surface area (Å²) in [5.74, 6) is 2.11. The third-order valence-corrected chi connectivity index (χ3v) is 3.43. The first kappa shape index (κ1) is 9.70. The van der Waals surface area contributed by atoms with Gasteiger partial charge in [0, 0.05) is 18.5 Å². The molecule has 2 aromatic rings. The maximum Gasteiger partial charge on any atom is 0.121 e. The summed E-state index contributed by atoms with van der Waals surface area (Å²) >= 11 is 0. The monoisotopic (exact) mass is 216 g/mol. The lowest BCUT2D eigenvalue weighted by atomic mass is 10.1. The van der Waals surface area contributed by atoms with E-state index >= 15 is 0 Å². The van der Waals surface area contributed by atoms with Gasteiger partial charge in [0.15, 0.2) is 0 Å². The molecule has 0 fully saturated rings. The predicted octanol–water partition coefficient (Wildman–Crippen LogP) is 2.94. The van der Waals surface area contributed by atoms with Crippen LogP contribution in [0.5, 0.6) is 5.75 Å². The van der Waals surface area contributed by atoms with Crippen LogP contribution in [0.2, 0.25) is 0 Å². The second-order valence-corrected chi connectivity index (χ2v) is 4.49. The Bertz CT molecular complexity index is 530. The number of methoxy groups -OCH3 is 1. The second-order valence-electron chi connectivity index (χ2n) is 4.49. The molecule has 1 aliphatic rings. The van der Waals surface area contributed by atoms with Gasteiger partial charge < -0.3 is 9.30 Å². The standard InChI is InChI=1S/C13H16N2O/c1-9-4-3-5-13-14-11-8-10(16-2)6-7-12(11)15(9)13/h6-9H,3-5H2,1-2H3/t9-/m1/s1. The number of fused-ring (bicyclic) bond motifs is 3. The molecule has 1 aromatic heterocycles. The van der Waals surface area contributed by atoms with Crippen molar-refractivity contribution in [3.05, 3.63) is 24.0 Å². The summed E-state index contributed by atoms with van der Waals surface area (Å²) in [5.41, 5.74) is 2.30. The van der Waals surface area contributed by atoms with E-state index < -0.39 is 0 Å². The number of ether oxygens (including phenoxy) is 1. The molecule has 1 aromatic carbocycles. The van der Waals surface area contributed by atoms with E-state index in [0.717, 1.165) is 17.7 Å². The molecule has 1 atom stereocenters. The fourth-order valence-corrected chi connectivity index (χ4v) is 2.61. The molecule has 1 aliphatic heterocycles. The maximum absolute atomic E-state index is 5.23. The SMILES string of the molecule is COc1ccc2c(c1)nc1n2[C@H](C)CCC1. The van der Waals surface area contributed by atoms with Gasteiger partial charge in [-0.3, -0.25) is 0 Å². The van der Waals surface area contributed by atoms with Gasteiger partial charge in [-0.05, 0) is 31.9 Å². The summed E-state index contributed by atoms with van der Waals surface area (Å²) in [7, 11) is 1.69. The molecule has 0 bridgehead atoms. The molecular weight excluding hydrogens is 200 g/mol. The minimum atomic E-state index is 0.571. The van der Waals surface area contributed by atoms with Crippen molar-refractivity contribution in [2.45, 2.75) is 32.2 Å². The summed E-state index contributed by atoms with van der Waals surface area (Å²) < 4.78 is 7.61. The number of hydrogen-bond acceptors (Lipinski definition) is 2. The molecule has 0 saturated carbocycles. The minimum absolute atomic E-state index is 0.571. The Hall–Kier alpha value is -1.51. The largest absolute Gasteiger partial charge is 0.497 e. The Balaban J connectivity index is 2.24. The van der Waals surface area contributed by atoms with E-state index in [1.165, 1.54) is 24.2 Å². The van der Waals surface area contributed by atoms with Crippen LogP contribution in [0.1, 0.15) is 31.6 Å². The summed E-state index contributed by atoms with van der Waals surface area (Å²) in [5, 5.41) is 0.